The summed E-state index contributed by atoms with van der Waals surface area (Å²) in [6, 6.07) is 5.18. The molecule has 1 amide bonds. The number of pyridine rings is 1. The van der Waals surface area contributed by atoms with Crippen molar-refractivity contribution in [2.24, 2.45) is 0 Å². The van der Waals surface area contributed by atoms with E-state index < -0.39 is 5.91 Å². The van der Waals surface area contributed by atoms with Gasteiger partial charge in [0.15, 0.2) is 0 Å². The van der Waals surface area contributed by atoms with Crippen molar-refractivity contribution in [2.45, 2.75) is 0 Å². The Hall–Kier alpha value is -2.01. The largest absolute Gasteiger partial charge is 0.364 e. The van der Waals surface area contributed by atoms with Gasteiger partial charge in [-0.05, 0) is 18.2 Å². The molecule has 5 heteroatoms. The van der Waals surface area contributed by atoms with E-state index >= 15 is 0 Å². The predicted octanol–water partition coefficient (Wildman–Crippen LogP) is 0.295. The number of ether oxygens (including phenoxy) is 1. The Morgan fingerprint density at radius 2 is 2.44 bits per heavy atom. The van der Waals surface area contributed by atoms with Gasteiger partial charge in [-0.25, -0.2) is 0 Å². The molecule has 1 rings (SSSR count). The minimum absolute atomic E-state index is 0.0417. The minimum Gasteiger partial charge on any atom is -0.364 e. The number of rotatable bonds is 5. The fourth-order valence-corrected chi connectivity index (χ4v) is 0.984. The van der Waals surface area contributed by atoms with Crippen LogP contribution in [-0.2, 0) is 14.3 Å². The van der Waals surface area contributed by atoms with Crippen molar-refractivity contribution in [1.29, 1.82) is 0 Å². The second kappa shape index (κ2) is 6.47. The van der Waals surface area contributed by atoms with E-state index in [1.165, 1.54) is 13.2 Å². The molecular weight excluding hydrogens is 208 g/mol. The number of carbonyl (C=O) groups excluding carboxylic acids is 2. The van der Waals surface area contributed by atoms with E-state index in [1.54, 1.807) is 30.7 Å². The molecule has 1 radical (unpaired) electrons. The molecule has 1 aromatic heterocycles. The predicted molar refractivity (Wildman–Crippen MR) is 57.9 cm³/mol. The number of carbonyl (C=O) groups is 1. The van der Waals surface area contributed by atoms with Gasteiger partial charge in [0, 0.05) is 13.3 Å². The number of methoxy groups -OCH3 is 1. The van der Waals surface area contributed by atoms with Gasteiger partial charge in [0.2, 0.25) is 6.29 Å². The molecule has 0 bridgehead atoms. The van der Waals surface area contributed by atoms with Crippen LogP contribution >= 0.6 is 0 Å². The summed E-state index contributed by atoms with van der Waals surface area (Å²) in [5.41, 5.74) is 0.407. The van der Waals surface area contributed by atoms with Crippen LogP contribution in [0.3, 0.4) is 0 Å². The summed E-state index contributed by atoms with van der Waals surface area (Å²) in [4.78, 5) is 25.9. The fourth-order valence-electron chi connectivity index (χ4n) is 0.984. The van der Waals surface area contributed by atoms with Crippen molar-refractivity contribution < 1.29 is 14.3 Å². The van der Waals surface area contributed by atoms with Gasteiger partial charge in [-0.1, -0.05) is 6.07 Å². The lowest BCUT2D eigenvalue weighted by Gasteiger charge is -2.01. The van der Waals surface area contributed by atoms with Gasteiger partial charge >= 0.3 is 0 Å². The first-order valence-corrected chi connectivity index (χ1v) is 4.56. The third-order valence-corrected chi connectivity index (χ3v) is 1.71. The maximum atomic E-state index is 11.4. The van der Waals surface area contributed by atoms with Crippen LogP contribution in [0.5, 0.6) is 0 Å². The SMILES string of the molecule is COCNC(=O)/C([C]=O)=C/c1ccccn1. The van der Waals surface area contributed by atoms with Crippen molar-refractivity contribution in [3.05, 3.63) is 35.7 Å². The average molecular weight is 219 g/mol. The summed E-state index contributed by atoms with van der Waals surface area (Å²) in [7, 11) is 1.44. The van der Waals surface area contributed by atoms with Gasteiger partial charge in [-0.3, -0.25) is 14.6 Å². The monoisotopic (exact) mass is 219 g/mol. The van der Waals surface area contributed by atoms with Crippen molar-refractivity contribution in [3.8, 4) is 0 Å². The van der Waals surface area contributed by atoms with Crippen molar-refractivity contribution in [3.63, 3.8) is 0 Å². The maximum absolute atomic E-state index is 11.4. The van der Waals surface area contributed by atoms with Gasteiger partial charge < -0.3 is 10.1 Å². The number of nitrogens with zero attached hydrogens (tertiary/aromatic N) is 1. The van der Waals surface area contributed by atoms with Crippen molar-refractivity contribution in [1.82, 2.24) is 10.3 Å². The Balaban J connectivity index is 2.78. The number of hydrogen-bond acceptors (Lipinski definition) is 4. The minimum atomic E-state index is -0.539. The third kappa shape index (κ3) is 3.62. The van der Waals surface area contributed by atoms with Gasteiger partial charge in [-0.15, -0.1) is 0 Å². The molecule has 0 fully saturated rings. The molecule has 0 unspecified atom stereocenters. The molecule has 16 heavy (non-hydrogen) atoms. The van der Waals surface area contributed by atoms with Crippen molar-refractivity contribution >= 4 is 18.3 Å². The summed E-state index contributed by atoms with van der Waals surface area (Å²) in [6.45, 7) is 0.0417. The highest BCUT2D eigenvalue weighted by Crippen LogP contribution is 2.01. The molecule has 83 valence electrons. The molecule has 0 atom stereocenters. The summed E-state index contributed by atoms with van der Waals surface area (Å²) in [6.07, 6.45) is 4.49. The highest BCUT2D eigenvalue weighted by Gasteiger charge is 2.08. The lowest BCUT2D eigenvalue weighted by Crippen LogP contribution is -2.27. The second-order valence-electron chi connectivity index (χ2n) is 2.85. The normalized spacial score (nSPS) is 10.9. The standard InChI is InChI=1S/C11H11N2O3/c1-16-8-13-11(15)9(7-14)6-10-4-2-3-5-12-10/h2-6H,8H2,1H3,(H,13,15)/b9-6+. The number of nitrogens with one attached hydrogen (secondary N) is 1. The average Bonchev–Trinajstić information content (AvgIpc) is 2.34. The molecule has 1 aromatic rings. The first-order chi connectivity index (χ1) is 7.77. The van der Waals surface area contributed by atoms with Gasteiger partial charge in [0.1, 0.15) is 6.73 Å². The zero-order valence-corrected chi connectivity index (χ0v) is 8.77. The zero-order valence-electron chi connectivity index (χ0n) is 8.77. The molecule has 0 spiro atoms. The molecule has 0 saturated carbocycles. The Kier molecular flexibility index (Phi) is 4.88. The van der Waals surface area contributed by atoms with Crippen LogP contribution in [0.25, 0.3) is 6.08 Å². The van der Waals surface area contributed by atoms with E-state index in [1.807, 2.05) is 0 Å². The highest BCUT2D eigenvalue weighted by atomic mass is 16.5. The summed E-state index contributed by atoms with van der Waals surface area (Å²) in [5, 5.41) is 2.38. The van der Waals surface area contributed by atoms with E-state index in [2.05, 4.69) is 15.0 Å². The topological polar surface area (TPSA) is 68.3 Å². The lowest BCUT2D eigenvalue weighted by atomic mass is 10.2. The first-order valence-electron chi connectivity index (χ1n) is 4.56. The third-order valence-electron chi connectivity index (χ3n) is 1.71. The van der Waals surface area contributed by atoms with Crippen LogP contribution in [0.4, 0.5) is 0 Å². The molecule has 0 aromatic carbocycles. The molecule has 1 N–H and O–H groups in total. The van der Waals surface area contributed by atoms with E-state index in [4.69, 9.17) is 0 Å². The highest BCUT2D eigenvalue weighted by molar-refractivity contribution is 6.14. The van der Waals surface area contributed by atoms with E-state index in [0.717, 1.165) is 0 Å². The molecular formula is C11H11N2O3. The summed E-state index contributed by atoms with van der Waals surface area (Å²) >= 11 is 0. The zero-order chi connectivity index (χ0) is 11.8. The second-order valence-corrected chi connectivity index (χ2v) is 2.85. The quantitative estimate of drug-likeness (QED) is 0.334. The van der Waals surface area contributed by atoms with Crippen LogP contribution in [-0.4, -0.2) is 31.0 Å². The molecule has 0 aliphatic rings. The molecule has 0 aliphatic heterocycles. The number of hydrogen-bond donors (Lipinski definition) is 1. The smallest absolute Gasteiger partial charge is 0.257 e. The van der Waals surface area contributed by atoms with Gasteiger partial charge in [-0.2, -0.15) is 0 Å². The Morgan fingerprint density at radius 3 is 3.00 bits per heavy atom. The van der Waals surface area contributed by atoms with Gasteiger partial charge in [0.25, 0.3) is 5.91 Å². The van der Waals surface area contributed by atoms with Crippen LogP contribution in [0.15, 0.2) is 30.0 Å². The van der Waals surface area contributed by atoms with E-state index in [9.17, 15) is 9.59 Å². The van der Waals surface area contributed by atoms with Crippen LogP contribution in [0.2, 0.25) is 0 Å². The van der Waals surface area contributed by atoms with Gasteiger partial charge in [0.05, 0.1) is 11.3 Å². The van der Waals surface area contributed by atoms with Crippen molar-refractivity contribution in [2.75, 3.05) is 13.8 Å². The summed E-state index contributed by atoms with van der Waals surface area (Å²) in [5.74, 6) is -0.539. The molecule has 0 saturated heterocycles. The fraction of sp³-hybridized carbons (Fsp3) is 0.182. The summed E-state index contributed by atoms with van der Waals surface area (Å²) < 4.78 is 4.65. The molecule has 0 aliphatic carbocycles. The Morgan fingerprint density at radius 1 is 1.62 bits per heavy atom. The first kappa shape index (κ1) is 12.1. The van der Waals surface area contributed by atoms with Crippen LogP contribution in [0, 0.1) is 0 Å². The lowest BCUT2D eigenvalue weighted by molar-refractivity contribution is -0.118. The number of amides is 1. The molecule has 1 heterocycles. The Labute approximate surface area is 93.1 Å². The maximum Gasteiger partial charge on any atom is 0.257 e. The molecule has 5 nitrogen and oxygen atoms in total. The van der Waals surface area contributed by atoms with E-state index in [-0.39, 0.29) is 12.3 Å². The van der Waals surface area contributed by atoms with Crippen LogP contribution < -0.4 is 5.32 Å². The Bertz CT molecular complexity index is 387. The van der Waals surface area contributed by atoms with Crippen LogP contribution in [0.1, 0.15) is 5.69 Å². The van der Waals surface area contributed by atoms with E-state index in [0.29, 0.717) is 5.69 Å². The number of aromatic nitrogens is 1.